The van der Waals surface area contributed by atoms with E-state index in [-0.39, 0.29) is 18.0 Å². The number of hydrogen-bond acceptors (Lipinski definition) is 7. The highest BCUT2D eigenvalue weighted by molar-refractivity contribution is 5.69. The van der Waals surface area contributed by atoms with Gasteiger partial charge < -0.3 is 23.8 Å². The lowest BCUT2D eigenvalue weighted by Gasteiger charge is -2.29. The number of ether oxygens (including phenoxy) is 4. The lowest BCUT2D eigenvalue weighted by molar-refractivity contribution is -0.180. The van der Waals surface area contributed by atoms with E-state index in [1.807, 2.05) is 0 Å². The van der Waals surface area contributed by atoms with Crippen LogP contribution in [0, 0.1) is 11.8 Å². The third-order valence-corrected chi connectivity index (χ3v) is 12.9. The van der Waals surface area contributed by atoms with E-state index in [0.717, 1.165) is 96.4 Å². The van der Waals surface area contributed by atoms with Gasteiger partial charge >= 0.3 is 11.9 Å². The van der Waals surface area contributed by atoms with E-state index < -0.39 is 5.79 Å². The van der Waals surface area contributed by atoms with Crippen LogP contribution in [0.2, 0.25) is 0 Å². The first-order chi connectivity index (χ1) is 27.9. The monoisotopic (exact) mass is 806 g/mol. The zero-order valence-corrected chi connectivity index (χ0v) is 38.4. The summed E-state index contributed by atoms with van der Waals surface area (Å²) in [5.41, 5.74) is 0. The van der Waals surface area contributed by atoms with Crippen molar-refractivity contribution in [3.63, 3.8) is 0 Å². The van der Waals surface area contributed by atoms with Gasteiger partial charge in [0.15, 0.2) is 5.79 Å². The van der Waals surface area contributed by atoms with Crippen LogP contribution in [0.25, 0.3) is 0 Å². The van der Waals surface area contributed by atoms with Crippen molar-refractivity contribution in [1.29, 1.82) is 0 Å². The van der Waals surface area contributed by atoms with Gasteiger partial charge in [0.2, 0.25) is 0 Å². The van der Waals surface area contributed by atoms with Crippen molar-refractivity contribution in [2.24, 2.45) is 11.8 Å². The van der Waals surface area contributed by atoms with E-state index >= 15 is 0 Å². The summed E-state index contributed by atoms with van der Waals surface area (Å²) in [4.78, 5) is 27.5. The predicted molar refractivity (Wildman–Crippen MR) is 239 cm³/mol. The first kappa shape index (κ1) is 52.0. The molecule has 0 bridgehead atoms. The molecule has 0 amide bonds. The SMILES string of the molecule is CCCCCC(CCCCC)CCOC(=O)CCCCCCCC1(CCCCCCCC(=O)OCCC(CCCCC)CCCCC)OCC(CN2CCCC2)O1. The predicted octanol–water partition coefficient (Wildman–Crippen LogP) is 14.1. The summed E-state index contributed by atoms with van der Waals surface area (Å²) in [7, 11) is 0. The van der Waals surface area contributed by atoms with E-state index in [1.54, 1.807) is 0 Å². The van der Waals surface area contributed by atoms with Crippen LogP contribution in [0.5, 0.6) is 0 Å². The van der Waals surface area contributed by atoms with Crippen LogP contribution in [0.15, 0.2) is 0 Å². The number of carbonyl (C=O) groups excluding carboxylic acids is 2. The molecule has 2 saturated heterocycles. The Hall–Kier alpha value is -1.18. The second kappa shape index (κ2) is 35.6. The third-order valence-electron chi connectivity index (χ3n) is 12.9. The Morgan fingerprint density at radius 1 is 0.544 bits per heavy atom. The highest BCUT2D eigenvalue weighted by Gasteiger charge is 2.41. The number of hydrogen-bond donors (Lipinski definition) is 0. The Balaban J connectivity index is 1.62. The maximum absolute atomic E-state index is 12.5. The second-order valence-electron chi connectivity index (χ2n) is 18.2. The number of carbonyl (C=O) groups is 2. The van der Waals surface area contributed by atoms with Crippen LogP contribution in [-0.4, -0.2) is 68.2 Å². The fourth-order valence-electron chi connectivity index (χ4n) is 9.16. The van der Waals surface area contributed by atoms with E-state index in [0.29, 0.717) is 44.5 Å². The molecule has 0 aromatic rings. The van der Waals surface area contributed by atoms with E-state index in [2.05, 4.69) is 32.6 Å². The first-order valence-corrected chi connectivity index (χ1v) is 25.3. The number of nitrogens with zero attached hydrogens (tertiary/aromatic N) is 1. The molecule has 0 spiro atoms. The summed E-state index contributed by atoms with van der Waals surface area (Å²) in [6, 6.07) is 0. The molecule has 2 rings (SSSR count). The maximum Gasteiger partial charge on any atom is 0.305 e. The Morgan fingerprint density at radius 3 is 1.37 bits per heavy atom. The summed E-state index contributed by atoms with van der Waals surface area (Å²) in [5.74, 6) is 0.936. The maximum atomic E-state index is 12.5. The van der Waals surface area contributed by atoms with Crippen molar-refractivity contribution < 1.29 is 28.5 Å². The highest BCUT2D eigenvalue weighted by Crippen LogP contribution is 2.35. The second-order valence-corrected chi connectivity index (χ2v) is 18.2. The molecule has 0 aliphatic carbocycles. The minimum atomic E-state index is -0.451. The Labute approximate surface area is 353 Å². The first-order valence-electron chi connectivity index (χ1n) is 25.3. The lowest BCUT2D eigenvalue weighted by atomic mass is 9.92. The van der Waals surface area contributed by atoms with Gasteiger partial charge in [-0.3, -0.25) is 9.59 Å². The molecule has 2 aliphatic heterocycles. The topological polar surface area (TPSA) is 74.3 Å². The summed E-state index contributed by atoms with van der Waals surface area (Å²) < 4.78 is 24.6. The van der Waals surface area contributed by atoms with E-state index in [9.17, 15) is 9.59 Å². The molecule has 1 atom stereocenters. The van der Waals surface area contributed by atoms with Crippen molar-refractivity contribution in [3.05, 3.63) is 0 Å². The minimum absolute atomic E-state index is 0.0127. The quantitative estimate of drug-likeness (QED) is 0.0451. The van der Waals surface area contributed by atoms with Crippen molar-refractivity contribution in [1.82, 2.24) is 4.90 Å². The standard InChI is InChI=1S/C50H95NO6/c1-5-9-19-29-45(30-20-10-6-2)35-41-54-48(52)33-23-15-13-17-25-37-50(56-44-47(57-50)43-51-39-27-28-40-51)38-26-18-14-16-24-34-49(53)55-42-36-46(31-21-11-7-3)32-22-12-8-4/h45-47H,5-44H2,1-4H3. The fraction of sp³-hybridized carbons (Fsp3) is 0.960. The van der Waals surface area contributed by atoms with Crippen LogP contribution in [0.4, 0.5) is 0 Å². The molecule has 1 unspecified atom stereocenters. The zero-order valence-electron chi connectivity index (χ0n) is 38.4. The van der Waals surface area contributed by atoms with E-state index in [1.165, 1.54) is 129 Å². The average Bonchev–Trinajstić information content (AvgIpc) is 3.87. The smallest absolute Gasteiger partial charge is 0.305 e. The molecule has 7 nitrogen and oxygen atoms in total. The molecule has 2 aliphatic rings. The molecule has 336 valence electrons. The Morgan fingerprint density at radius 2 is 0.947 bits per heavy atom. The normalized spacial score (nSPS) is 17.0. The molecule has 0 N–H and O–H groups in total. The fourth-order valence-corrected chi connectivity index (χ4v) is 9.16. The van der Waals surface area contributed by atoms with Crippen LogP contribution < -0.4 is 0 Å². The van der Waals surface area contributed by atoms with Gasteiger partial charge in [-0.25, -0.2) is 0 Å². The molecule has 0 radical (unpaired) electrons. The summed E-state index contributed by atoms with van der Waals surface area (Å²) in [5, 5.41) is 0. The van der Waals surface area contributed by atoms with Crippen molar-refractivity contribution in [3.8, 4) is 0 Å². The van der Waals surface area contributed by atoms with Crippen LogP contribution in [0.3, 0.4) is 0 Å². The molecule has 2 heterocycles. The Bertz CT molecular complexity index is 862. The number of rotatable bonds is 40. The van der Waals surface area contributed by atoms with Gasteiger partial charge in [-0.15, -0.1) is 0 Å². The minimum Gasteiger partial charge on any atom is -0.466 e. The van der Waals surface area contributed by atoms with Crippen molar-refractivity contribution in [2.75, 3.05) is 39.5 Å². The van der Waals surface area contributed by atoms with Gasteiger partial charge in [0.25, 0.3) is 0 Å². The van der Waals surface area contributed by atoms with Gasteiger partial charge in [0.05, 0.1) is 25.9 Å². The van der Waals surface area contributed by atoms with Gasteiger partial charge in [-0.05, 0) is 76.3 Å². The highest BCUT2D eigenvalue weighted by atomic mass is 16.7. The number of esters is 2. The van der Waals surface area contributed by atoms with Crippen LogP contribution >= 0.6 is 0 Å². The molecule has 0 aromatic carbocycles. The van der Waals surface area contributed by atoms with Gasteiger partial charge in [0.1, 0.15) is 0 Å². The summed E-state index contributed by atoms with van der Waals surface area (Å²) in [6.07, 6.45) is 39.2. The van der Waals surface area contributed by atoms with E-state index in [4.69, 9.17) is 18.9 Å². The molecule has 0 saturated carbocycles. The van der Waals surface area contributed by atoms with Gasteiger partial charge in [0, 0.05) is 32.2 Å². The third kappa shape index (κ3) is 27.3. The Kier molecular flexibility index (Phi) is 32.4. The molecular formula is C50H95NO6. The zero-order chi connectivity index (χ0) is 41.1. The number of likely N-dealkylation sites (tertiary alicyclic amines) is 1. The molecular weight excluding hydrogens is 711 g/mol. The lowest BCUT2D eigenvalue weighted by Crippen LogP contribution is -2.35. The molecule has 7 heteroatoms. The summed E-state index contributed by atoms with van der Waals surface area (Å²) in [6.45, 7) is 14.3. The van der Waals surface area contributed by atoms with Crippen LogP contribution in [0.1, 0.15) is 246 Å². The van der Waals surface area contributed by atoms with Gasteiger partial charge in [-0.2, -0.15) is 0 Å². The van der Waals surface area contributed by atoms with Crippen molar-refractivity contribution in [2.45, 2.75) is 258 Å². The average molecular weight is 806 g/mol. The summed E-state index contributed by atoms with van der Waals surface area (Å²) >= 11 is 0. The molecule has 0 aromatic heterocycles. The van der Waals surface area contributed by atoms with Gasteiger partial charge in [-0.1, -0.05) is 169 Å². The van der Waals surface area contributed by atoms with Crippen LogP contribution in [-0.2, 0) is 28.5 Å². The number of unbranched alkanes of at least 4 members (excludes halogenated alkanes) is 16. The molecule has 2 fully saturated rings. The van der Waals surface area contributed by atoms with Crippen molar-refractivity contribution >= 4 is 11.9 Å². The molecule has 57 heavy (non-hydrogen) atoms. The largest absolute Gasteiger partial charge is 0.466 e.